The van der Waals surface area contributed by atoms with Gasteiger partial charge in [0, 0.05) is 24.4 Å². The van der Waals surface area contributed by atoms with Gasteiger partial charge in [0.2, 0.25) is 0 Å². The van der Waals surface area contributed by atoms with Gasteiger partial charge >= 0.3 is 0 Å². The average molecular weight is 295 g/mol. The molecule has 0 saturated heterocycles. The summed E-state index contributed by atoms with van der Waals surface area (Å²) in [6.07, 6.45) is 1.37. The number of hydrogen-bond donors (Lipinski definition) is 2. The predicted molar refractivity (Wildman–Crippen MR) is 83.8 cm³/mol. The molecule has 0 aliphatic rings. The zero-order chi connectivity index (χ0) is 16.1. The maximum absolute atomic E-state index is 9.23. The number of nitriles is 2. The van der Waals surface area contributed by atoms with Gasteiger partial charge in [-0.25, -0.2) is 4.98 Å². The summed E-state index contributed by atoms with van der Waals surface area (Å²) in [4.78, 5) is 4.62. The van der Waals surface area contributed by atoms with E-state index in [1.165, 1.54) is 6.20 Å². The van der Waals surface area contributed by atoms with E-state index in [9.17, 15) is 5.11 Å². The van der Waals surface area contributed by atoms with Crippen molar-refractivity contribution in [3.8, 4) is 12.1 Å². The van der Waals surface area contributed by atoms with Gasteiger partial charge in [0.1, 0.15) is 23.5 Å². The zero-order valence-electron chi connectivity index (χ0n) is 12.5. The number of allylic oxidation sites excluding steroid dienone is 1. The molecule has 1 aromatic carbocycles. The maximum atomic E-state index is 9.23. The first-order valence-electron chi connectivity index (χ1n) is 6.98. The highest BCUT2D eigenvalue weighted by Gasteiger charge is 2.13. The van der Waals surface area contributed by atoms with Crippen LogP contribution in [0.25, 0.3) is 11.0 Å². The highest BCUT2D eigenvalue weighted by Crippen LogP contribution is 2.24. The molecular formula is C16H17N5O. The third-order valence-corrected chi connectivity index (χ3v) is 3.24. The van der Waals surface area contributed by atoms with E-state index in [2.05, 4.69) is 24.1 Å². The Bertz CT molecular complexity index is 773. The second-order valence-corrected chi connectivity index (χ2v) is 5.13. The Morgan fingerprint density at radius 3 is 2.73 bits per heavy atom. The molecular weight excluding hydrogens is 278 g/mol. The molecule has 0 aliphatic heterocycles. The van der Waals surface area contributed by atoms with Crippen molar-refractivity contribution in [2.75, 3.05) is 11.9 Å². The smallest absolute Gasteiger partial charge is 0.145 e. The standard InChI is InChI=1S/C16H17N5O/c1-11(2)16-20-14-7-13(19-10-12(8-17)9-18)3-4-15(14)21(16)5-6-22/h3-4,7,10-11,19,22H,5-6H2,1-2H3. The SMILES string of the molecule is CC(C)c1nc2cc(NC=C(C#N)C#N)ccc2n1CCO. The Morgan fingerprint density at radius 1 is 1.41 bits per heavy atom. The monoisotopic (exact) mass is 295 g/mol. The minimum atomic E-state index is 0.00813. The molecule has 0 spiro atoms. The Kier molecular flexibility index (Phi) is 4.77. The van der Waals surface area contributed by atoms with Crippen molar-refractivity contribution in [3.63, 3.8) is 0 Å². The van der Waals surface area contributed by atoms with Crippen LogP contribution in [-0.4, -0.2) is 21.3 Å². The topological polar surface area (TPSA) is 97.7 Å². The third kappa shape index (κ3) is 3.08. The highest BCUT2D eigenvalue weighted by atomic mass is 16.3. The van der Waals surface area contributed by atoms with Gasteiger partial charge in [-0.1, -0.05) is 13.8 Å². The summed E-state index contributed by atoms with van der Waals surface area (Å²) in [5.74, 6) is 1.17. The van der Waals surface area contributed by atoms with Crippen LogP contribution in [0.5, 0.6) is 0 Å². The fourth-order valence-corrected chi connectivity index (χ4v) is 2.26. The molecule has 22 heavy (non-hydrogen) atoms. The van der Waals surface area contributed by atoms with E-state index in [0.29, 0.717) is 6.54 Å². The van der Waals surface area contributed by atoms with Crippen LogP contribution < -0.4 is 5.32 Å². The molecule has 0 amide bonds. The summed E-state index contributed by atoms with van der Waals surface area (Å²) in [5.41, 5.74) is 2.52. The fourth-order valence-electron chi connectivity index (χ4n) is 2.26. The quantitative estimate of drug-likeness (QED) is 0.826. The van der Waals surface area contributed by atoms with Crippen LogP contribution >= 0.6 is 0 Å². The molecule has 0 bridgehead atoms. The summed E-state index contributed by atoms with van der Waals surface area (Å²) in [5, 5.41) is 29.6. The maximum Gasteiger partial charge on any atom is 0.145 e. The van der Waals surface area contributed by atoms with E-state index in [4.69, 9.17) is 10.5 Å². The van der Waals surface area contributed by atoms with Gasteiger partial charge in [-0.2, -0.15) is 10.5 Å². The van der Waals surface area contributed by atoms with E-state index in [1.54, 1.807) is 12.1 Å². The second kappa shape index (κ2) is 6.75. The second-order valence-electron chi connectivity index (χ2n) is 5.13. The van der Waals surface area contributed by atoms with Crippen molar-refractivity contribution in [3.05, 3.63) is 35.8 Å². The average Bonchev–Trinajstić information content (AvgIpc) is 2.87. The molecule has 0 fully saturated rings. The molecule has 6 nitrogen and oxygen atoms in total. The van der Waals surface area contributed by atoms with Crippen molar-refractivity contribution in [1.29, 1.82) is 10.5 Å². The molecule has 6 heteroatoms. The highest BCUT2D eigenvalue weighted by molar-refractivity contribution is 5.80. The van der Waals surface area contributed by atoms with Crippen molar-refractivity contribution >= 4 is 16.7 Å². The summed E-state index contributed by atoms with van der Waals surface area (Å²) >= 11 is 0. The first-order valence-corrected chi connectivity index (χ1v) is 6.98. The molecule has 2 aromatic rings. The Hall–Kier alpha value is -2.83. The lowest BCUT2D eigenvalue weighted by Gasteiger charge is -2.09. The van der Waals surface area contributed by atoms with Gasteiger partial charge in [-0.05, 0) is 18.2 Å². The van der Waals surface area contributed by atoms with E-state index in [1.807, 2.05) is 22.8 Å². The molecule has 0 aliphatic carbocycles. The van der Waals surface area contributed by atoms with Gasteiger partial charge in [0.05, 0.1) is 17.6 Å². The zero-order valence-corrected chi connectivity index (χ0v) is 12.5. The van der Waals surface area contributed by atoms with Crippen molar-refractivity contribution in [2.45, 2.75) is 26.3 Å². The molecule has 0 saturated carbocycles. The van der Waals surface area contributed by atoms with Gasteiger partial charge in [0.15, 0.2) is 0 Å². The first-order chi connectivity index (χ1) is 10.6. The fraction of sp³-hybridized carbons (Fsp3) is 0.312. The normalized spacial score (nSPS) is 10.3. The summed E-state index contributed by atoms with van der Waals surface area (Å²) in [6, 6.07) is 9.21. The van der Waals surface area contributed by atoms with Crippen LogP contribution in [-0.2, 0) is 6.54 Å². The molecule has 0 atom stereocenters. The summed E-state index contributed by atoms with van der Waals surface area (Å²) in [7, 11) is 0. The number of aromatic nitrogens is 2. The number of nitrogens with one attached hydrogen (secondary N) is 1. The lowest BCUT2D eigenvalue weighted by molar-refractivity contribution is 0.275. The number of benzene rings is 1. The molecule has 1 heterocycles. The molecule has 2 N–H and O–H groups in total. The van der Waals surface area contributed by atoms with Crippen molar-refractivity contribution in [1.82, 2.24) is 9.55 Å². The number of imidazole rings is 1. The summed E-state index contributed by atoms with van der Waals surface area (Å²) < 4.78 is 2.01. The lowest BCUT2D eigenvalue weighted by Crippen LogP contribution is -2.08. The van der Waals surface area contributed by atoms with Crippen molar-refractivity contribution < 1.29 is 5.11 Å². The van der Waals surface area contributed by atoms with Crippen molar-refractivity contribution in [2.24, 2.45) is 0 Å². The number of fused-ring (bicyclic) bond motifs is 1. The molecule has 112 valence electrons. The molecule has 1 aromatic heterocycles. The Labute approximate surface area is 128 Å². The lowest BCUT2D eigenvalue weighted by atomic mass is 10.2. The number of aliphatic hydroxyl groups excluding tert-OH is 1. The minimum Gasteiger partial charge on any atom is -0.395 e. The van der Waals surface area contributed by atoms with Crippen LogP contribution in [0, 0.1) is 22.7 Å². The van der Waals surface area contributed by atoms with Crippen LogP contribution in [0.3, 0.4) is 0 Å². The van der Waals surface area contributed by atoms with Crippen LogP contribution in [0.1, 0.15) is 25.6 Å². The predicted octanol–water partition coefficient (Wildman–Crippen LogP) is 2.49. The van der Waals surface area contributed by atoms with E-state index >= 15 is 0 Å². The van der Waals surface area contributed by atoms with Gasteiger partial charge in [-0.3, -0.25) is 0 Å². The number of hydrogen-bond acceptors (Lipinski definition) is 5. The van der Waals surface area contributed by atoms with Crippen LogP contribution in [0.4, 0.5) is 5.69 Å². The number of anilines is 1. The molecule has 2 rings (SSSR count). The van der Waals surface area contributed by atoms with Gasteiger partial charge in [0.25, 0.3) is 0 Å². The Morgan fingerprint density at radius 2 is 2.14 bits per heavy atom. The number of rotatable bonds is 5. The van der Waals surface area contributed by atoms with E-state index in [0.717, 1.165) is 22.5 Å². The van der Waals surface area contributed by atoms with Crippen LogP contribution in [0.15, 0.2) is 30.0 Å². The number of aliphatic hydroxyl groups is 1. The first kappa shape index (κ1) is 15.6. The third-order valence-electron chi connectivity index (χ3n) is 3.24. The summed E-state index contributed by atoms with van der Waals surface area (Å²) in [6.45, 7) is 4.68. The Balaban J connectivity index is 2.42. The number of nitrogens with zero attached hydrogens (tertiary/aromatic N) is 4. The van der Waals surface area contributed by atoms with Crippen LogP contribution in [0.2, 0.25) is 0 Å². The van der Waals surface area contributed by atoms with E-state index < -0.39 is 0 Å². The van der Waals surface area contributed by atoms with E-state index in [-0.39, 0.29) is 18.1 Å². The van der Waals surface area contributed by atoms with Gasteiger partial charge in [-0.15, -0.1) is 0 Å². The minimum absolute atomic E-state index is 0.00813. The molecule has 0 unspecified atom stereocenters. The van der Waals surface area contributed by atoms with Gasteiger partial charge < -0.3 is 15.0 Å². The molecule has 0 radical (unpaired) electrons. The largest absolute Gasteiger partial charge is 0.395 e.